The van der Waals surface area contributed by atoms with Crippen LogP contribution in [0.25, 0.3) is 11.6 Å². The number of carbonyl (C=O) groups is 1. The molecule has 116 valence electrons. The summed E-state index contributed by atoms with van der Waals surface area (Å²) in [7, 11) is 0. The topological polar surface area (TPSA) is 64.2 Å². The van der Waals surface area contributed by atoms with Crippen molar-refractivity contribution in [3.05, 3.63) is 54.0 Å². The van der Waals surface area contributed by atoms with E-state index in [0.717, 1.165) is 0 Å². The first-order valence-corrected chi connectivity index (χ1v) is 7.92. The van der Waals surface area contributed by atoms with E-state index in [4.69, 9.17) is 4.42 Å². The molecule has 3 heterocycles. The van der Waals surface area contributed by atoms with Gasteiger partial charge in [0.25, 0.3) is 5.91 Å². The van der Waals surface area contributed by atoms with E-state index >= 15 is 0 Å². The van der Waals surface area contributed by atoms with Crippen LogP contribution < -0.4 is 5.01 Å². The van der Waals surface area contributed by atoms with Crippen LogP contribution in [0.3, 0.4) is 0 Å². The molecule has 0 aliphatic carbocycles. The summed E-state index contributed by atoms with van der Waals surface area (Å²) < 4.78 is 20.4. The van der Waals surface area contributed by atoms with Crippen LogP contribution in [-0.2, 0) is 0 Å². The van der Waals surface area contributed by atoms with E-state index < -0.39 is 5.82 Å². The predicted molar refractivity (Wildman–Crippen MR) is 82.3 cm³/mol. The molecule has 0 spiro atoms. The number of hydrogen-bond donors (Lipinski definition) is 0. The van der Waals surface area contributed by atoms with Gasteiger partial charge in [0, 0.05) is 11.3 Å². The first kappa shape index (κ1) is 14.0. The van der Waals surface area contributed by atoms with Gasteiger partial charge in [-0.1, -0.05) is 17.8 Å². The Morgan fingerprint density at radius 2 is 2.17 bits per heavy atom. The number of furan rings is 1. The first-order chi connectivity index (χ1) is 11.2. The summed E-state index contributed by atoms with van der Waals surface area (Å²) in [6.45, 7) is 0.471. The van der Waals surface area contributed by atoms with E-state index in [0.29, 0.717) is 29.0 Å². The van der Waals surface area contributed by atoms with Gasteiger partial charge in [-0.2, -0.15) is 0 Å². The third-order valence-corrected chi connectivity index (χ3v) is 4.33. The fourth-order valence-corrected chi connectivity index (χ4v) is 3.27. The molecule has 0 atom stereocenters. The molecule has 3 aromatic rings. The molecule has 1 aliphatic heterocycles. The molecule has 0 unspecified atom stereocenters. The number of fused-ring (bicyclic) bond motifs is 1. The Morgan fingerprint density at radius 1 is 1.26 bits per heavy atom. The summed E-state index contributed by atoms with van der Waals surface area (Å²) in [6.07, 6.45) is 1.53. The zero-order valence-corrected chi connectivity index (χ0v) is 12.7. The van der Waals surface area contributed by atoms with Gasteiger partial charge in [0.15, 0.2) is 5.76 Å². The Morgan fingerprint density at radius 3 is 2.96 bits per heavy atom. The summed E-state index contributed by atoms with van der Waals surface area (Å²) in [4.78, 5) is 12.8. The molecule has 0 saturated carbocycles. The number of aromatic nitrogens is 3. The van der Waals surface area contributed by atoms with Crippen molar-refractivity contribution < 1.29 is 13.6 Å². The summed E-state index contributed by atoms with van der Waals surface area (Å²) in [5, 5.41) is 10.3. The molecule has 0 fully saturated rings. The standard InChI is InChI=1S/C15H11FN4O2S/c16-11-4-1-3-10(9-11)14(21)19-6-8-23-15-18-17-13(20(15)19)12-5-2-7-22-12/h1-5,7,9H,6,8H2. The monoisotopic (exact) mass is 330 g/mol. The van der Waals surface area contributed by atoms with Gasteiger partial charge < -0.3 is 4.42 Å². The highest BCUT2D eigenvalue weighted by atomic mass is 32.2. The second-order valence-electron chi connectivity index (χ2n) is 4.88. The normalized spacial score (nSPS) is 13.9. The average molecular weight is 330 g/mol. The molecule has 0 saturated heterocycles. The Balaban J connectivity index is 1.78. The van der Waals surface area contributed by atoms with Crippen LogP contribution in [0.5, 0.6) is 0 Å². The second kappa shape index (κ2) is 5.54. The lowest BCUT2D eigenvalue weighted by molar-refractivity contribution is 0.0956. The van der Waals surface area contributed by atoms with Gasteiger partial charge in [-0.05, 0) is 30.3 Å². The van der Waals surface area contributed by atoms with Crippen molar-refractivity contribution in [2.45, 2.75) is 5.16 Å². The Hall–Kier alpha value is -2.61. The SMILES string of the molecule is O=C(c1cccc(F)c1)N1CCSc2nnc(-c3ccco3)n21. The third-order valence-electron chi connectivity index (χ3n) is 3.44. The van der Waals surface area contributed by atoms with E-state index in [1.165, 1.54) is 41.2 Å². The lowest BCUT2D eigenvalue weighted by atomic mass is 10.2. The van der Waals surface area contributed by atoms with E-state index in [1.807, 2.05) is 0 Å². The molecule has 1 aliphatic rings. The Bertz CT molecular complexity index is 862. The van der Waals surface area contributed by atoms with E-state index in [9.17, 15) is 9.18 Å². The third kappa shape index (κ3) is 2.40. The van der Waals surface area contributed by atoms with Gasteiger partial charge in [-0.25, -0.2) is 14.1 Å². The van der Waals surface area contributed by atoms with Gasteiger partial charge in [-0.15, -0.1) is 10.2 Å². The molecule has 2 aromatic heterocycles. The number of thioether (sulfide) groups is 1. The number of carbonyl (C=O) groups excluding carboxylic acids is 1. The smallest absolute Gasteiger partial charge is 0.272 e. The summed E-state index contributed by atoms with van der Waals surface area (Å²) in [5.41, 5.74) is 0.280. The highest BCUT2D eigenvalue weighted by molar-refractivity contribution is 7.99. The molecule has 4 rings (SSSR count). The fraction of sp³-hybridized carbons (Fsp3) is 0.133. The van der Waals surface area contributed by atoms with Gasteiger partial charge in [0.05, 0.1) is 12.8 Å². The van der Waals surface area contributed by atoms with Gasteiger partial charge in [-0.3, -0.25) is 4.79 Å². The van der Waals surface area contributed by atoms with Crippen LogP contribution in [-0.4, -0.2) is 33.1 Å². The number of benzene rings is 1. The molecule has 8 heteroatoms. The lowest BCUT2D eigenvalue weighted by Gasteiger charge is -2.28. The van der Waals surface area contributed by atoms with Gasteiger partial charge in [0.2, 0.25) is 11.0 Å². The quantitative estimate of drug-likeness (QED) is 0.722. The Kier molecular flexibility index (Phi) is 3.38. The molecule has 6 nitrogen and oxygen atoms in total. The molecule has 23 heavy (non-hydrogen) atoms. The Labute approximate surface area is 134 Å². The summed E-state index contributed by atoms with van der Waals surface area (Å²) in [6, 6.07) is 9.13. The van der Waals surface area contributed by atoms with Crippen LogP contribution in [0.4, 0.5) is 4.39 Å². The average Bonchev–Trinajstić information content (AvgIpc) is 3.22. The maximum atomic E-state index is 13.4. The van der Waals surface area contributed by atoms with Crippen LogP contribution in [0.2, 0.25) is 0 Å². The maximum Gasteiger partial charge on any atom is 0.272 e. The molecule has 0 radical (unpaired) electrons. The van der Waals surface area contributed by atoms with Gasteiger partial charge in [0.1, 0.15) is 5.82 Å². The van der Waals surface area contributed by atoms with Crippen LogP contribution in [0.1, 0.15) is 10.4 Å². The highest BCUT2D eigenvalue weighted by Crippen LogP contribution is 2.28. The number of halogens is 1. The van der Waals surface area contributed by atoms with Crippen molar-refractivity contribution in [2.75, 3.05) is 17.3 Å². The fourth-order valence-electron chi connectivity index (χ4n) is 2.42. The van der Waals surface area contributed by atoms with Crippen LogP contribution in [0, 0.1) is 5.82 Å². The largest absolute Gasteiger partial charge is 0.461 e. The van der Waals surface area contributed by atoms with E-state index in [2.05, 4.69) is 10.2 Å². The van der Waals surface area contributed by atoms with Gasteiger partial charge >= 0.3 is 0 Å². The molecule has 0 bridgehead atoms. The molecule has 1 amide bonds. The number of rotatable bonds is 2. The zero-order valence-electron chi connectivity index (χ0n) is 11.8. The summed E-state index contributed by atoms with van der Waals surface area (Å²) >= 11 is 1.51. The van der Waals surface area contributed by atoms with Crippen molar-refractivity contribution >= 4 is 17.7 Å². The molecular weight excluding hydrogens is 319 g/mol. The van der Waals surface area contributed by atoms with Crippen molar-refractivity contribution in [2.24, 2.45) is 0 Å². The van der Waals surface area contributed by atoms with Crippen LogP contribution in [0.15, 0.2) is 52.2 Å². The predicted octanol–water partition coefficient (Wildman–Crippen LogP) is 2.56. The van der Waals surface area contributed by atoms with Crippen molar-refractivity contribution in [1.82, 2.24) is 14.9 Å². The maximum absolute atomic E-state index is 13.4. The highest BCUT2D eigenvalue weighted by Gasteiger charge is 2.29. The van der Waals surface area contributed by atoms with E-state index in [1.54, 1.807) is 22.9 Å². The minimum atomic E-state index is -0.447. The van der Waals surface area contributed by atoms with Crippen molar-refractivity contribution in [1.29, 1.82) is 0 Å². The minimum absolute atomic E-state index is 0.280. The van der Waals surface area contributed by atoms with Crippen molar-refractivity contribution in [3.63, 3.8) is 0 Å². The van der Waals surface area contributed by atoms with Crippen molar-refractivity contribution in [3.8, 4) is 11.6 Å². The first-order valence-electron chi connectivity index (χ1n) is 6.94. The van der Waals surface area contributed by atoms with Crippen LogP contribution >= 0.6 is 11.8 Å². The number of hydrogen-bond acceptors (Lipinski definition) is 5. The van der Waals surface area contributed by atoms with E-state index in [-0.39, 0.29) is 11.5 Å². The second-order valence-corrected chi connectivity index (χ2v) is 5.94. The molecule has 1 aromatic carbocycles. The lowest BCUT2D eigenvalue weighted by Crippen LogP contribution is -2.45. The molecular formula is C15H11FN4O2S. The number of amides is 1. The minimum Gasteiger partial charge on any atom is -0.461 e. The summed E-state index contributed by atoms with van der Waals surface area (Å²) in [5.74, 6) is 0.901. The number of nitrogens with zero attached hydrogens (tertiary/aromatic N) is 4. The zero-order chi connectivity index (χ0) is 15.8. The molecule has 0 N–H and O–H groups in total.